The summed E-state index contributed by atoms with van der Waals surface area (Å²) >= 11 is 0. The number of esters is 1. The molecule has 1 aliphatic carbocycles. The van der Waals surface area contributed by atoms with Crippen LogP contribution in [-0.2, 0) is 16.0 Å². The molecule has 2 fully saturated rings. The van der Waals surface area contributed by atoms with Crippen LogP contribution in [0.25, 0.3) is 0 Å². The van der Waals surface area contributed by atoms with Crippen LogP contribution in [0.2, 0.25) is 0 Å². The quantitative estimate of drug-likeness (QED) is 0.775. The summed E-state index contributed by atoms with van der Waals surface area (Å²) in [7, 11) is 0. The molecule has 1 aromatic heterocycles. The van der Waals surface area contributed by atoms with Crippen molar-refractivity contribution in [3.63, 3.8) is 0 Å². The number of aromatic nitrogens is 3. The van der Waals surface area contributed by atoms with E-state index in [-0.39, 0.29) is 11.9 Å². The second kappa shape index (κ2) is 3.88. The van der Waals surface area contributed by atoms with Crippen molar-refractivity contribution in [2.75, 3.05) is 6.61 Å². The molecule has 1 atom stereocenters. The van der Waals surface area contributed by atoms with Crippen molar-refractivity contribution >= 4 is 5.97 Å². The summed E-state index contributed by atoms with van der Waals surface area (Å²) in [5.74, 6) is 2.45. The van der Waals surface area contributed by atoms with Crippen LogP contribution in [-0.4, -0.2) is 27.8 Å². The number of carbonyl (C=O) groups is 1. The second-order valence-corrected chi connectivity index (χ2v) is 4.61. The number of nitrogens with zero attached hydrogens (tertiary/aromatic N) is 2. The molecule has 2 aliphatic rings. The van der Waals surface area contributed by atoms with Gasteiger partial charge in [-0.05, 0) is 25.7 Å². The van der Waals surface area contributed by atoms with Crippen LogP contribution < -0.4 is 0 Å². The lowest BCUT2D eigenvalue weighted by Crippen LogP contribution is -2.09. The Bertz CT molecular complexity index is 398. The van der Waals surface area contributed by atoms with Crippen molar-refractivity contribution in [1.82, 2.24) is 15.2 Å². The van der Waals surface area contributed by atoms with E-state index in [0.717, 1.165) is 30.9 Å². The number of nitrogens with one attached hydrogen (secondary N) is 1. The number of cyclic esters (lactones) is 1. The Morgan fingerprint density at radius 2 is 2.25 bits per heavy atom. The van der Waals surface area contributed by atoms with E-state index in [1.807, 2.05) is 0 Å². The molecule has 1 saturated heterocycles. The highest BCUT2D eigenvalue weighted by molar-refractivity contribution is 5.74. The monoisotopic (exact) mass is 221 g/mol. The lowest BCUT2D eigenvalue weighted by atomic mass is 10.0. The molecule has 1 unspecified atom stereocenters. The maximum atomic E-state index is 11.3. The topological polar surface area (TPSA) is 67.9 Å². The van der Waals surface area contributed by atoms with Gasteiger partial charge in [-0.15, -0.1) is 0 Å². The van der Waals surface area contributed by atoms with Crippen LogP contribution >= 0.6 is 0 Å². The molecular formula is C11H15N3O2. The highest BCUT2D eigenvalue weighted by Gasteiger charge is 2.29. The Balaban J connectivity index is 1.55. The minimum absolute atomic E-state index is 0.0538. The minimum Gasteiger partial charge on any atom is -0.465 e. The van der Waals surface area contributed by atoms with E-state index in [0.29, 0.717) is 12.5 Å². The predicted octanol–water partition coefficient (Wildman–Crippen LogP) is 1.18. The van der Waals surface area contributed by atoms with Crippen molar-refractivity contribution in [3.8, 4) is 0 Å². The highest BCUT2D eigenvalue weighted by Crippen LogP contribution is 2.37. The molecule has 0 radical (unpaired) electrons. The maximum Gasteiger partial charge on any atom is 0.309 e. The number of hydrogen-bond donors (Lipinski definition) is 1. The van der Waals surface area contributed by atoms with E-state index in [4.69, 9.17) is 4.74 Å². The predicted molar refractivity (Wildman–Crippen MR) is 55.7 cm³/mol. The normalized spacial score (nSPS) is 24.8. The molecule has 0 aromatic carbocycles. The number of rotatable bonds is 4. The van der Waals surface area contributed by atoms with Crippen LogP contribution in [0.5, 0.6) is 0 Å². The van der Waals surface area contributed by atoms with Crippen molar-refractivity contribution in [3.05, 3.63) is 11.6 Å². The number of hydrogen-bond acceptors (Lipinski definition) is 4. The lowest BCUT2D eigenvalue weighted by molar-refractivity contribution is -0.141. The first-order chi connectivity index (χ1) is 7.83. The molecule has 16 heavy (non-hydrogen) atoms. The van der Waals surface area contributed by atoms with E-state index in [1.54, 1.807) is 0 Å². The third-order valence-corrected chi connectivity index (χ3v) is 3.27. The van der Waals surface area contributed by atoms with Gasteiger partial charge in [-0.2, -0.15) is 5.10 Å². The number of ether oxygens (including phenoxy) is 1. The summed E-state index contributed by atoms with van der Waals surface area (Å²) in [4.78, 5) is 15.7. The number of H-pyrrole nitrogens is 1. The van der Waals surface area contributed by atoms with Crippen molar-refractivity contribution in [1.29, 1.82) is 0 Å². The molecule has 1 aromatic rings. The zero-order valence-electron chi connectivity index (χ0n) is 9.11. The van der Waals surface area contributed by atoms with E-state index >= 15 is 0 Å². The van der Waals surface area contributed by atoms with Crippen LogP contribution in [0.4, 0.5) is 0 Å². The molecule has 0 bridgehead atoms. The molecule has 86 valence electrons. The number of aryl methyl sites for hydroxylation is 1. The summed E-state index contributed by atoms with van der Waals surface area (Å²) in [6, 6.07) is 0. The second-order valence-electron chi connectivity index (χ2n) is 4.61. The molecule has 1 N–H and O–H groups in total. The molecule has 5 heteroatoms. The van der Waals surface area contributed by atoms with Crippen LogP contribution in [0, 0.1) is 5.92 Å². The minimum atomic E-state index is -0.0538. The van der Waals surface area contributed by atoms with Gasteiger partial charge >= 0.3 is 5.97 Å². The van der Waals surface area contributed by atoms with Crippen LogP contribution in [0.15, 0.2) is 0 Å². The Labute approximate surface area is 93.6 Å². The van der Waals surface area contributed by atoms with Gasteiger partial charge in [0.25, 0.3) is 0 Å². The first-order valence-electron chi connectivity index (χ1n) is 5.91. The Morgan fingerprint density at radius 1 is 1.38 bits per heavy atom. The average molecular weight is 221 g/mol. The SMILES string of the molecule is O=C1OCCC1CCc1nc(C2CC2)n[nH]1. The molecule has 3 rings (SSSR count). The Hall–Kier alpha value is -1.39. The Morgan fingerprint density at radius 3 is 2.94 bits per heavy atom. The molecule has 0 spiro atoms. The molecule has 1 saturated carbocycles. The van der Waals surface area contributed by atoms with Gasteiger partial charge in [0.2, 0.25) is 0 Å². The van der Waals surface area contributed by atoms with E-state index in [9.17, 15) is 4.79 Å². The molecule has 1 aliphatic heterocycles. The van der Waals surface area contributed by atoms with Gasteiger partial charge in [0, 0.05) is 12.3 Å². The molecule has 0 amide bonds. The molecule has 5 nitrogen and oxygen atoms in total. The molecule has 2 heterocycles. The van der Waals surface area contributed by atoms with E-state index in [1.165, 1.54) is 12.8 Å². The van der Waals surface area contributed by atoms with Crippen molar-refractivity contribution < 1.29 is 9.53 Å². The fourth-order valence-electron chi connectivity index (χ4n) is 2.06. The largest absolute Gasteiger partial charge is 0.465 e. The maximum absolute atomic E-state index is 11.3. The zero-order valence-corrected chi connectivity index (χ0v) is 9.11. The van der Waals surface area contributed by atoms with Crippen LogP contribution in [0.3, 0.4) is 0 Å². The zero-order chi connectivity index (χ0) is 11.0. The third kappa shape index (κ3) is 1.94. The molecular weight excluding hydrogens is 206 g/mol. The highest BCUT2D eigenvalue weighted by atomic mass is 16.5. The first kappa shape index (κ1) is 9.81. The Kier molecular flexibility index (Phi) is 2.38. The summed E-state index contributed by atoms with van der Waals surface area (Å²) in [5, 5.41) is 7.14. The average Bonchev–Trinajstić information content (AvgIpc) is 2.89. The first-order valence-corrected chi connectivity index (χ1v) is 5.91. The van der Waals surface area contributed by atoms with Gasteiger partial charge in [0.05, 0.1) is 12.5 Å². The fourth-order valence-corrected chi connectivity index (χ4v) is 2.06. The summed E-state index contributed by atoms with van der Waals surface area (Å²) in [6.45, 7) is 0.577. The summed E-state index contributed by atoms with van der Waals surface area (Å²) < 4.78 is 4.92. The third-order valence-electron chi connectivity index (χ3n) is 3.27. The van der Waals surface area contributed by atoms with Gasteiger partial charge in [0.15, 0.2) is 5.82 Å². The van der Waals surface area contributed by atoms with E-state index < -0.39 is 0 Å². The lowest BCUT2D eigenvalue weighted by Gasteiger charge is -2.01. The summed E-state index contributed by atoms with van der Waals surface area (Å²) in [6.07, 6.45) is 4.89. The smallest absolute Gasteiger partial charge is 0.309 e. The van der Waals surface area contributed by atoms with Gasteiger partial charge in [-0.1, -0.05) is 0 Å². The number of carbonyl (C=O) groups excluding carboxylic acids is 1. The van der Waals surface area contributed by atoms with Crippen molar-refractivity contribution in [2.24, 2.45) is 5.92 Å². The van der Waals surface area contributed by atoms with Gasteiger partial charge < -0.3 is 4.74 Å². The summed E-state index contributed by atoms with van der Waals surface area (Å²) in [5.41, 5.74) is 0. The number of aromatic amines is 1. The van der Waals surface area contributed by atoms with Crippen LogP contribution in [0.1, 0.15) is 43.3 Å². The van der Waals surface area contributed by atoms with Gasteiger partial charge in [-0.25, -0.2) is 4.98 Å². The fraction of sp³-hybridized carbons (Fsp3) is 0.727. The standard InChI is InChI=1S/C11H15N3O2/c15-11-8(5-6-16-11)3-4-9-12-10(14-13-9)7-1-2-7/h7-8H,1-6H2,(H,12,13,14). The van der Waals surface area contributed by atoms with E-state index in [2.05, 4.69) is 15.2 Å². The van der Waals surface area contributed by atoms with Gasteiger partial charge in [-0.3, -0.25) is 9.89 Å². The van der Waals surface area contributed by atoms with Gasteiger partial charge in [0.1, 0.15) is 5.82 Å². The van der Waals surface area contributed by atoms with Crippen molar-refractivity contribution in [2.45, 2.75) is 38.0 Å².